The summed E-state index contributed by atoms with van der Waals surface area (Å²) in [6, 6.07) is 5.76. The third-order valence-corrected chi connectivity index (χ3v) is 3.39. The Balaban J connectivity index is 0.00000264. The van der Waals surface area contributed by atoms with Crippen LogP contribution in [0.5, 0.6) is 11.5 Å². The normalized spacial score (nSPS) is 10.3. The number of hydrogen-bond donors (Lipinski definition) is 3. The van der Waals surface area contributed by atoms with E-state index in [1.54, 1.807) is 18.9 Å². The predicted octanol–water partition coefficient (Wildman–Crippen LogP) is 2.68. The van der Waals surface area contributed by atoms with Crippen molar-refractivity contribution in [2.75, 3.05) is 31.0 Å². The summed E-state index contributed by atoms with van der Waals surface area (Å²) >= 11 is 0. The van der Waals surface area contributed by atoms with Crippen LogP contribution in [0.25, 0.3) is 0 Å². The van der Waals surface area contributed by atoms with Crippen LogP contribution in [0.1, 0.15) is 25.6 Å². The summed E-state index contributed by atoms with van der Waals surface area (Å²) < 4.78 is 12.2. The molecule has 0 fully saturated rings. The van der Waals surface area contributed by atoms with E-state index in [2.05, 4.69) is 10.4 Å². The van der Waals surface area contributed by atoms with Gasteiger partial charge in [0, 0.05) is 17.8 Å². The molecule has 2 rings (SSSR count). The van der Waals surface area contributed by atoms with Gasteiger partial charge >= 0.3 is 0 Å². The molecule has 8 heteroatoms. The number of nitrogen functional groups attached to an aromatic ring is 2. The first-order valence-corrected chi connectivity index (χ1v) is 7.06. The minimum atomic E-state index is 0. The highest BCUT2D eigenvalue weighted by Crippen LogP contribution is 2.30. The molecule has 0 bridgehead atoms. The van der Waals surface area contributed by atoms with Gasteiger partial charge in [-0.3, -0.25) is 0 Å². The van der Waals surface area contributed by atoms with E-state index in [4.69, 9.17) is 20.9 Å². The monoisotopic (exact) mass is 341 g/mol. The lowest BCUT2D eigenvalue weighted by molar-refractivity contribution is 0.355. The second-order valence-electron chi connectivity index (χ2n) is 5.21. The van der Waals surface area contributed by atoms with Crippen LogP contribution < -0.4 is 26.3 Å². The molecule has 5 N–H and O–H groups in total. The molecule has 0 radical (unpaired) electrons. The van der Waals surface area contributed by atoms with Gasteiger partial charge < -0.3 is 26.3 Å². The van der Waals surface area contributed by atoms with Crippen molar-refractivity contribution in [1.82, 2.24) is 9.78 Å². The van der Waals surface area contributed by atoms with E-state index in [0.717, 1.165) is 11.4 Å². The number of methoxy groups -OCH3 is 2. The SMILES string of the molecule is COc1ccc(NCc2nn(C(C)C)c(N)c2N)cc1OC.Cl. The van der Waals surface area contributed by atoms with Crippen LogP contribution in [0.2, 0.25) is 0 Å². The van der Waals surface area contributed by atoms with E-state index in [0.29, 0.717) is 29.5 Å². The summed E-state index contributed by atoms with van der Waals surface area (Å²) in [7, 11) is 3.21. The second-order valence-corrected chi connectivity index (χ2v) is 5.21. The molecular formula is C15H24ClN5O2. The maximum Gasteiger partial charge on any atom is 0.162 e. The number of nitrogens with zero attached hydrogens (tertiary/aromatic N) is 2. The Hall–Kier alpha value is -2.28. The van der Waals surface area contributed by atoms with Gasteiger partial charge in [-0.05, 0) is 26.0 Å². The van der Waals surface area contributed by atoms with Crippen LogP contribution in [-0.4, -0.2) is 24.0 Å². The zero-order valence-corrected chi connectivity index (χ0v) is 14.6. The molecule has 0 amide bonds. The van der Waals surface area contributed by atoms with E-state index in [1.807, 2.05) is 32.0 Å². The summed E-state index contributed by atoms with van der Waals surface area (Å²) in [4.78, 5) is 0. The first-order chi connectivity index (χ1) is 10.5. The summed E-state index contributed by atoms with van der Waals surface area (Å²) in [5.74, 6) is 1.84. The molecule has 0 aliphatic carbocycles. The molecule has 23 heavy (non-hydrogen) atoms. The van der Waals surface area contributed by atoms with E-state index in [1.165, 1.54) is 0 Å². The maximum absolute atomic E-state index is 6.01. The molecule has 0 atom stereocenters. The van der Waals surface area contributed by atoms with Gasteiger partial charge in [0.1, 0.15) is 11.5 Å². The number of nitrogens with one attached hydrogen (secondary N) is 1. The molecule has 1 aromatic carbocycles. The van der Waals surface area contributed by atoms with Crippen LogP contribution in [0.3, 0.4) is 0 Å². The van der Waals surface area contributed by atoms with Crippen molar-refractivity contribution in [3.63, 3.8) is 0 Å². The number of nitrogens with two attached hydrogens (primary N) is 2. The first-order valence-electron chi connectivity index (χ1n) is 7.06. The second kappa shape index (κ2) is 7.82. The Morgan fingerprint density at radius 1 is 1.17 bits per heavy atom. The highest BCUT2D eigenvalue weighted by molar-refractivity contribution is 5.85. The van der Waals surface area contributed by atoms with Gasteiger partial charge in [-0.1, -0.05) is 0 Å². The number of benzene rings is 1. The fraction of sp³-hybridized carbons (Fsp3) is 0.400. The zero-order valence-electron chi connectivity index (χ0n) is 13.8. The fourth-order valence-electron chi connectivity index (χ4n) is 2.17. The van der Waals surface area contributed by atoms with Crippen LogP contribution in [-0.2, 0) is 6.54 Å². The Morgan fingerprint density at radius 3 is 2.35 bits per heavy atom. The fourth-order valence-corrected chi connectivity index (χ4v) is 2.17. The number of ether oxygens (including phenoxy) is 2. The van der Waals surface area contributed by atoms with Crippen LogP contribution in [0.4, 0.5) is 17.2 Å². The topological polar surface area (TPSA) is 100 Å². The summed E-state index contributed by atoms with van der Waals surface area (Å²) in [5.41, 5.74) is 14.1. The molecule has 128 valence electrons. The molecule has 0 aliphatic rings. The molecule has 0 saturated carbocycles. The number of hydrogen-bond acceptors (Lipinski definition) is 6. The van der Waals surface area contributed by atoms with Crippen molar-refractivity contribution in [2.45, 2.75) is 26.4 Å². The average Bonchev–Trinajstić information content (AvgIpc) is 2.80. The van der Waals surface area contributed by atoms with Crippen molar-refractivity contribution < 1.29 is 9.47 Å². The van der Waals surface area contributed by atoms with Crippen molar-refractivity contribution in [1.29, 1.82) is 0 Å². The molecule has 7 nitrogen and oxygen atoms in total. The van der Waals surface area contributed by atoms with E-state index in [-0.39, 0.29) is 18.4 Å². The van der Waals surface area contributed by atoms with Gasteiger partial charge in [0.05, 0.1) is 26.5 Å². The van der Waals surface area contributed by atoms with Gasteiger partial charge in [-0.15, -0.1) is 12.4 Å². The van der Waals surface area contributed by atoms with Crippen molar-refractivity contribution in [3.8, 4) is 11.5 Å². The minimum absolute atomic E-state index is 0. The first kappa shape index (κ1) is 18.8. The van der Waals surface area contributed by atoms with E-state index in [9.17, 15) is 0 Å². The van der Waals surface area contributed by atoms with E-state index >= 15 is 0 Å². The predicted molar refractivity (Wildman–Crippen MR) is 95.6 cm³/mol. The molecular weight excluding hydrogens is 318 g/mol. The van der Waals surface area contributed by atoms with E-state index < -0.39 is 0 Å². The van der Waals surface area contributed by atoms with Gasteiger partial charge in [-0.2, -0.15) is 5.10 Å². The number of rotatable bonds is 6. The molecule has 2 aromatic rings. The third-order valence-electron chi connectivity index (χ3n) is 3.39. The summed E-state index contributed by atoms with van der Waals surface area (Å²) in [6.45, 7) is 4.49. The average molecular weight is 342 g/mol. The van der Waals surface area contributed by atoms with Crippen LogP contribution >= 0.6 is 12.4 Å². The third kappa shape index (κ3) is 3.92. The summed E-state index contributed by atoms with van der Waals surface area (Å²) in [6.07, 6.45) is 0. The lowest BCUT2D eigenvalue weighted by Crippen LogP contribution is -2.08. The minimum Gasteiger partial charge on any atom is -0.493 e. The van der Waals surface area contributed by atoms with Crippen molar-refractivity contribution >= 4 is 29.6 Å². The molecule has 1 heterocycles. The molecule has 0 unspecified atom stereocenters. The van der Waals surface area contributed by atoms with Crippen LogP contribution in [0.15, 0.2) is 18.2 Å². The molecule has 0 aliphatic heterocycles. The Bertz CT molecular complexity index is 658. The standard InChI is InChI=1S/C15H23N5O2.ClH/c1-9(2)20-15(17)14(16)11(19-20)8-18-10-5-6-12(21-3)13(7-10)22-4;/h5-7,9,18H,8,16-17H2,1-4H3;1H. The molecule has 0 saturated heterocycles. The van der Waals surface area contributed by atoms with Gasteiger partial charge in [-0.25, -0.2) is 4.68 Å². The Labute approximate surface area is 142 Å². The van der Waals surface area contributed by atoms with Crippen LogP contribution in [0, 0.1) is 0 Å². The number of anilines is 3. The summed E-state index contributed by atoms with van der Waals surface area (Å²) in [5, 5.41) is 7.71. The highest BCUT2D eigenvalue weighted by atomic mass is 35.5. The molecule has 0 spiro atoms. The Morgan fingerprint density at radius 2 is 1.83 bits per heavy atom. The highest BCUT2D eigenvalue weighted by Gasteiger charge is 2.14. The number of halogens is 1. The van der Waals surface area contributed by atoms with Crippen molar-refractivity contribution in [2.24, 2.45) is 0 Å². The van der Waals surface area contributed by atoms with Crippen molar-refractivity contribution in [3.05, 3.63) is 23.9 Å². The van der Waals surface area contributed by atoms with Gasteiger partial charge in [0.15, 0.2) is 11.5 Å². The zero-order chi connectivity index (χ0) is 16.3. The van der Waals surface area contributed by atoms with Gasteiger partial charge in [0.25, 0.3) is 0 Å². The molecule has 1 aromatic heterocycles. The smallest absolute Gasteiger partial charge is 0.162 e. The van der Waals surface area contributed by atoms with Gasteiger partial charge in [0.2, 0.25) is 0 Å². The number of aromatic nitrogens is 2. The quantitative estimate of drug-likeness (QED) is 0.746. The maximum atomic E-state index is 6.01. The lowest BCUT2D eigenvalue weighted by atomic mass is 10.2. The Kier molecular flexibility index (Phi) is 6.38. The largest absolute Gasteiger partial charge is 0.493 e. The lowest BCUT2D eigenvalue weighted by Gasteiger charge is -2.10.